The van der Waals surface area contributed by atoms with E-state index in [-0.39, 0.29) is 12.3 Å². The molecule has 2 N–H and O–H groups in total. The van der Waals surface area contributed by atoms with Crippen molar-refractivity contribution in [2.24, 2.45) is 5.92 Å². The lowest BCUT2D eigenvalue weighted by atomic mass is 9.77. The predicted molar refractivity (Wildman–Crippen MR) is 122 cm³/mol. The zero-order valence-electron chi connectivity index (χ0n) is 18.2. The average molecular weight is 459 g/mol. The number of hydrogen-bond acceptors (Lipinski definition) is 7. The minimum atomic E-state index is -0.705. The van der Waals surface area contributed by atoms with Gasteiger partial charge in [-0.25, -0.2) is 0 Å². The molecule has 32 heavy (non-hydrogen) atoms. The maximum Gasteiger partial charge on any atom is 0.303 e. The highest BCUT2D eigenvalue weighted by atomic mass is 32.1. The fraction of sp³-hybridized carbons (Fsp3) is 0.565. The van der Waals surface area contributed by atoms with Crippen molar-refractivity contribution >= 4 is 28.3 Å². The number of anilines is 1. The maximum atomic E-state index is 12.6. The molecule has 172 valence electrons. The minimum Gasteiger partial charge on any atom is -0.481 e. The van der Waals surface area contributed by atoms with Crippen molar-refractivity contribution < 1.29 is 19.4 Å². The van der Waals surface area contributed by atoms with Gasteiger partial charge in [0, 0.05) is 38.0 Å². The normalized spacial score (nSPS) is 21.9. The van der Waals surface area contributed by atoms with Crippen molar-refractivity contribution in [3.05, 3.63) is 40.4 Å². The summed E-state index contributed by atoms with van der Waals surface area (Å²) in [6.45, 7) is 4.38. The van der Waals surface area contributed by atoms with Crippen molar-refractivity contribution in [3.8, 4) is 0 Å². The van der Waals surface area contributed by atoms with E-state index in [4.69, 9.17) is 9.84 Å². The number of ether oxygens (including phenoxy) is 1. The van der Waals surface area contributed by atoms with Gasteiger partial charge in [-0.05, 0) is 55.2 Å². The topological polar surface area (TPSA) is 105 Å². The second kappa shape index (κ2) is 11.0. The van der Waals surface area contributed by atoms with E-state index in [0.717, 1.165) is 70.0 Å². The zero-order chi connectivity index (χ0) is 22.3. The summed E-state index contributed by atoms with van der Waals surface area (Å²) in [4.78, 5) is 25.9. The van der Waals surface area contributed by atoms with Gasteiger partial charge >= 0.3 is 5.97 Å². The molecule has 0 unspecified atom stereocenters. The third kappa shape index (κ3) is 6.34. The summed E-state index contributed by atoms with van der Waals surface area (Å²) in [5.74, 6) is -0.158. The van der Waals surface area contributed by atoms with Gasteiger partial charge in [0.15, 0.2) is 0 Å². The Bertz CT molecular complexity index is 903. The Morgan fingerprint density at radius 1 is 1.09 bits per heavy atom. The van der Waals surface area contributed by atoms with E-state index < -0.39 is 5.97 Å². The number of nitrogens with one attached hydrogen (secondary N) is 1. The summed E-state index contributed by atoms with van der Waals surface area (Å²) >= 11 is 1.42. The summed E-state index contributed by atoms with van der Waals surface area (Å²) in [5, 5.41) is 21.6. The molecule has 2 aliphatic rings. The Hall–Kier alpha value is -2.36. The second-order valence-electron chi connectivity index (χ2n) is 8.60. The smallest absolute Gasteiger partial charge is 0.303 e. The summed E-state index contributed by atoms with van der Waals surface area (Å²) in [7, 11) is 0. The van der Waals surface area contributed by atoms with Crippen LogP contribution in [0.5, 0.6) is 0 Å². The second-order valence-corrected chi connectivity index (χ2v) is 9.66. The summed E-state index contributed by atoms with van der Waals surface area (Å²) in [6, 6.07) is 7.75. The van der Waals surface area contributed by atoms with Crippen molar-refractivity contribution in [2.45, 2.75) is 44.4 Å². The lowest BCUT2D eigenvalue weighted by Crippen LogP contribution is -2.37. The van der Waals surface area contributed by atoms with E-state index >= 15 is 0 Å². The third-order valence-corrected chi connectivity index (χ3v) is 7.29. The van der Waals surface area contributed by atoms with Crippen LogP contribution < -0.4 is 5.32 Å². The molecule has 1 amide bonds. The number of carbonyl (C=O) groups is 2. The number of morpholine rings is 1. The van der Waals surface area contributed by atoms with E-state index in [9.17, 15) is 9.59 Å². The summed E-state index contributed by atoms with van der Waals surface area (Å²) in [5.41, 5.74) is 1.81. The largest absolute Gasteiger partial charge is 0.481 e. The highest BCUT2D eigenvalue weighted by molar-refractivity contribution is 7.15. The van der Waals surface area contributed by atoms with E-state index in [1.165, 1.54) is 16.9 Å². The Morgan fingerprint density at radius 2 is 1.81 bits per heavy atom. The van der Waals surface area contributed by atoms with Crippen LogP contribution in [0.2, 0.25) is 0 Å². The van der Waals surface area contributed by atoms with E-state index in [2.05, 4.69) is 20.4 Å². The van der Waals surface area contributed by atoms with Crippen LogP contribution in [0.1, 0.15) is 59.0 Å². The first-order valence-corrected chi connectivity index (χ1v) is 12.1. The Balaban J connectivity index is 1.25. The van der Waals surface area contributed by atoms with Crippen LogP contribution in [-0.4, -0.2) is 64.9 Å². The van der Waals surface area contributed by atoms with Gasteiger partial charge in [-0.3, -0.25) is 19.8 Å². The molecule has 2 fully saturated rings. The first-order valence-electron chi connectivity index (χ1n) is 11.3. The lowest BCUT2D eigenvalue weighted by molar-refractivity contribution is -0.138. The van der Waals surface area contributed by atoms with E-state index in [1.54, 1.807) is 0 Å². The van der Waals surface area contributed by atoms with Gasteiger partial charge in [0.05, 0.1) is 13.2 Å². The molecule has 0 atom stereocenters. The van der Waals surface area contributed by atoms with Crippen molar-refractivity contribution in [1.82, 2.24) is 15.1 Å². The quantitative estimate of drug-likeness (QED) is 0.624. The number of carboxylic acids is 1. The molecule has 1 aliphatic heterocycles. The number of aromatic nitrogens is 2. The van der Waals surface area contributed by atoms with Crippen LogP contribution >= 0.6 is 11.3 Å². The number of amides is 1. The number of aliphatic carboxylic acids is 1. The monoisotopic (exact) mass is 458 g/mol. The highest BCUT2D eigenvalue weighted by Gasteiger charge is 2.24. The highest BCUT2D eigenvalue weighted by Crippen LogP contribution is 2.37. The van der Waals surface area contributed by atoms with Crippen LogP contribution in [0.15, 0.2) is 24.3 Å². The van der Waals surface area contributed by atoms with Gasteiger partial charge in [0.25, 0.3) is 5.91 Å². The fourth-order valence-corrected chi connectivity index (χ4v) is 5.23. The van der Waals surface area contributed by atoms with Gasteiger partial charge in [-0.15, -0.1) is 10.2 Å². The first-order chi connectivity index (χ1) is 15.6. The number of nitrogens with zero attached hydrogens (tertiary/aromatic N) is 3. The minimum absolute atomic E-state index is 0.183. The molecule has 1 aromatic carbocycles. The molecule has 1 aliphatic carbocycles. The number of rotatable bonds is 8. The molecule has 2 heterocycles. The van der Waals surface area contributed by atoms with Gasteiger partial charge in [0.2, 0.25) is 5.13 Å². The molecular formula is C23H30N4O4S. The van der Waals surface area contributed by atoms with Crippen molar-refractivity contribution in [1.29, 1.82) is 0 Å². The van der Waals surface area contributed by atoms with Crippen molar-refractivity contribution in [2.75, 3.05) is 38.2 Å². The van der Waals surface area contributed by atoms with Crippen LogP contribution in [0.25, 0.3) is 0 Å². The third-order valence-electron chi connectivity index (χ3n) is 6.39. The Kier molecular flexibility index (Phi) is 7.83. The molecule has 0 radical (unpaired) electrons. The van der Waals surface area contributed by atoms with Crippen LogP contribution in [0.4, 0.5) is 5.13 Å². The van der Waals surface area contributed by atoms with Crippen LogP contribution in [0, 0.1) is 5.92 Å². The number of carboxylic acid groups (broad SMARTS) is 1. The van der Waals surface area contributed by atoms with Gasteiger partial charge in [0.1, 0.15) is 5.01 Å². The molecule has 4 rings (SSSR count). The van der Waals surface area contributed by atoms with Crippen molar-refractivity contribution in [3.63, 3.8) is 0 Å². The molecule has 0 bridgehead atoms. The summed E-state index contributed by atoms with van der Waals surface area (Å²) in [6.07, 6.45) is 4.99. The number of hydrogen-bond donors (Lipinski definition) is 2. The predicted octanol–water partition coefficient (Wildman–Crippen LogP) is 3.41. The lowest BCUT2D eigenvalue weighted by Gasteiger charge is -2.28. The molecule has 8 nitrogen and oxygen atoms in total. The molecule has 0 spiro atoms. The zero-order valence-corrected chi connectivity index (χ0v) is 19.0. The molecule has 1 aromatic heterocycles. The van der Waals surface area contributed by atoms with Gasteiger partial charge in [-0.1, -0.05) is 23.5 Å². The maximum absolute atomic E-state index is 12.6. The standard InChI is InChI=1S/C23H30N4O4S/c28-21(29)15-16-1-3-17(4-2-16)18-5-7-19(8-6-18)22(30)24-23-26-25-20(32-23)9-10-27-11-13-31-14-12-27/h5-8,16-17H,1-4,9-15H2,(H,28,29)(H,24,26,30). The number of carbonyl (C=O) groups excluding carboxylic acids is 1. The van der Waals surface area contributed by atoms with Crippen LogP contribution in [-0.2, 0) is 16.0 Å². The molecule has 1 saturated heterocycles. The van der Waals surface area contributed by atoms with E-state index in [0.29, 0.717) is 22.5 Å². The fourth-order valence-electron chi connectivity index (χ4n) is 4.51. The van der Waals surface area contributed by atoms with Gasteiger partial charge < -0.3 is 9.84 Å². The summed E-state index contributed by atoms with van der Waals surface area (Å²) < 4.78 is 5.37. The van der Waals surface area contributed by atoms with Crippen LogP contribution in [0.3, 0.4) is 0 Å². The van der Waals surface area contributed by atoms with E-state index in [1.807, 2.05) is 24.3 Å². The molecular weight excluding hydrogens is 428 g/mol. The SMILES string of the molecule is O=C(O)CC1CCC(c2ccc(C(=O)Nc3nnc(CCN4CCOCC4)s3)cc2)CC1. The number of benzene rings is 1. The van der Waals surface area contributed by atoms with Gasteiger partial charge in [-0.2, -0.15) is 0 Å². The molecule has 2 aromatic rings. The Labute approximate surface area is 192 Å². The average Bonchev–Trinajstić information content (AvgIpc) is 3.26. The molecule has 1 saturated carbocycles. The Morgan fingerprint density at radius 3 is 2.50 bits per heavy atom. The molecule has 9 heteroatoms. The first kappa shape index (κ1) is 22.8.